The van der Waals surface area contributed by atoms with Crippen molar-refractivity contribution in [3.8, 4) is 11.3 Å². The molecular weight excluding hydrogens is 253 g/mol. The van der Waals surface area contributed by atoms with Gasteiger partial charge in [-0.25, -0.2) is 4.39 Å². The van der Waals surface area contributed by atoms with Gasteiger partial charge in [0, 0.05) is 12.5 Å². The van der Waals surface area contributed by atoms with Gasteiger partial charge in [-0.15, -0.1) is 0 Å². The number of aryl methyl sites for hydroxylation is 1. The van der Waals surface area contributed by atoms with E-state index in [0.717, 1.165) is 22.2 Å². The number of ether oxygens (including phenoxy) is 1. The standard InChI is InChI=1S/C17H16FNO/c1-12-3-4-14-10-17(13-5-7-15(18)8-6-13)19(11-20-2)16(14)9-12/h3-10H,11H2,1-2H3. The first-order valence-electron chi connectivity index (χ1n) is 6.54. The maximum atomic E-state index is 13.1. The number of nitrogens with zero attached hydrogens (tertiary/aromatic N) is 1. The summed E-state index contributed by atoms with van der Waals surface area (Å²) in [5.74, 6) is -0.223. The minimum Gasteiger partial charge on any atom is -0.364 e. The average Bonchev–Trinajstić information content (AvgIpc) is 2.79. The first-order chi connectivity index (χ1) is 9.69. The van der Waals surface area contributed by atoms with E-state index in [2.05, 4.69) is 35.8 Å². The molecule has 0 bridgehead atoms. The van der Waals surface area contributed by atoms with E-state index in [9.17, 15) is 4.39 Å². The van der Waals surface area contributed by atoms with Crippen LogP contribution in [0.15, 0.2) is 48.5 Å². The molecule has 0 aliphatic carbocycles. The molecule has 0 N–H and O–H groups in total. The summed E-state index contributed by atoms with van der Waals surface area (Å²) < 4.78 is 20.5. The minimum atomic E-state index is -0.223. The summed E-state index contributed by atoms with van der Waals surface area (Å²) in [5.41, 5.74) is 4.36. The molecule has 1 heterocycles. The molecule has 0 amide bonds. The molecule has 3 heteroatoms. The van der Waals surface area contributed by atoms with E-state index < -0.39 is 0 Å². The number of aromatic nitrogens is 1. The van der Waals surface area contributed by atoms with E-state index in [-0.39, 0.29) is 5.82 Å². The summed E-state index contributed by atoms with van der Waals surface area (Å²) in [6, 6.07) is 15.0. The summed E-state index contributed by atoms with van der Waals surface area (Å²) in [5, 5.41) is 1.16. The molecule has 0 fully saturated rings. The Morgan fingerprint density at radius 3 is 2.50 bits per heavy atom. The van der Waals surface area contributed by atoms with Crippen molar-refractivity contribution in [1.29, 1.82) is 0 Å². The second-order valence-electron chi connectivity index (χ2n) is 4.94. The maximum absolute atomic E-state index is 13.1. The maximum Gasteiger partial charge on any atom is 0.123 e. The van der Waals surface area contributed by atoms with Crippen molar-refractivity contribution in [3.05, 3.63) is 59.9 Å². The van der Waals surface area contributed by atoms with Crippen molar-refractivity contribution in [2.24, 2.45) is 0 Å². The zero-order valence-electron chi connectivity index (χ0n) is 11.6. The van der Waals surface area contributed by atoms with Crippen molar-refractivity contribution in [2.75, 3.05) is 7.11 Å². The van der Waals surface area contributed by atoms with Crippen molar-refractivity contribution in [3.63, 3.8) is 0 Å². The molecule has 20 heavy (non-hydrogen) atoms. The first kappa shape index (κ1) is 12.9. The summed E-state index contributed by atoms with van der Waals surface area (Å²) in [6.07, 6.45) is 0. The minimum absolute atomic E-state index is 0.223. The number of benzene rings is 2. The van der Waals surface area contributed by atoms with Gasteiger partial charge < -0.3 is 9.30 Å². The molecule has 0 aliphatic rings. The number of hydrogen-bond acceptors (Lipinski definition) is 1. The second kappa shape index (κ2) is 5.10. The van der Waals surface area contributed by atoms with Crippen LogP contribution in [0.3, 0.4) is 0 Å². The molecule has 0 atom stereocenters. The van der Waals surface area contributed by atoms with Gasteiger partial charge in [-0.05, 0) is 54.4 Å². The smallest absolute Gasteiger partial charge is 0.123 e. The van der Waals surface area contributed by atoms with Crippen LogP contribution in [-0.2, 0) is 11.5 Å². The first-order valence-corrected chi connectivity index (χ1v) is 6.54. The van der Waals surface area contributed by atoms with Crippen LogP contribution in [0.1, 0.15) is 5.56 Å². The zero-order chi connectivity index (χ0) is 14.1. The Balaban J connectivity index is 2.23. The van der Waals surface area contributed by atoms with Gasteiger partial charge in [-0.3, -0.25) is 0 Å². The van der Waals surface area contributed by atoms with Gasteiger partial charge in [0.15, 0.2) is 0 Å². The quantitative estimate of drug-likeness (QED) is 0.689. The fourth-order valence-corrected chi connectivity index (χ4v) is 2.49. The Morgan fingerprint density at radius 2 is 1.80 bits per heavy atom. The Hall–Kier alpha value is -2.13. The predicted octanol–water partition coefficient (Wildman–Crippen LogP) is 4.36. The molecule has 0 radical (unpaired) electrons. The van der Waals surface area contributed by atoms with Gasteiger partial charge in [0.25, 0.3) is 0 Å². The van der Waals surface area contributed by atoms with Crippen molar-refractivity contribution in [1.82, 2.24) is 4.57 Å². The van der Waals surface area contributed by atoms with Gasteiger partial charge in [0.1, 0.15) is 12.5 Å². The fraction of sp³-hybridized carbons (Fsp3) is 0.176. The van der Waals surface area contributed by atoms with Crippen LogP contribution in [0, 0.1) is 12.7 Å². The number of fused-ring (bicyclic) bond motifs is 1. The van der Waals surface area contributed by atoms with Crippen LogP contribution in [0.5, 0.6) is 0 Å². The lowest BCUT2D eigenvalue weighted by molar-refractivity contribution is 0.136. The Morgan fingerprint density at radius 1 is 1.05 bits per heavy atom. The SMILES string of the molecule is COCn1c(-c2ccc(F)cc2)cc2ccc(C)cc21. The Labute approximate surface area is 117 Å². The highest BCUT2D eigenvalue weighted by atomic mass is 19.1. The lowest BCUT2D eigenvalue weighted by atomic mass is 10.1. The molecule has 2 nitrogen and oxygen atoms in total. The third-order valence-corrected chi connectivity index (χ3v) is 3.46. The highest BCUT2D eigenvalue weighted by molar-refractivity contribution is 5.87. The van der Waals surface area contributed by atoms with Crippen LogP contribution in [0.2, 0.25) is 0 Å². The van der Waals surface area contributed by atoms with E-state index in [4.69, 9.17) is 4.74 Å². The molecule has 0 saturated carbocycles. The van der Waals surface area contributed by atoms with E-state index in [0.29, 0.717) is 6.73 Å². The normalized spacial score (nSPS) is 11.2. The lowest BCUT2D eigenvalue weighted by Gasteiger charge is -2.10. The summed E-state index contributed by atoms with van der Waals surface area (Å²) >= 11 is 0. The van der Waals surface area contributed by atoms with Crippen LogP contribution < -0.4 is 0 Å². The van der Waals surface area contributed by atoms with Gasteiger partial charge in [-0.1, -0.05) is 12.1 Å². The molecule has 1 aromatic heterocycles. The summed E-state index contributed by atoms with van der Waals surface area (Å²) in [6.45, 7) is 2.54. The summed E-state index contributed by atoms with van der Waals surface area (Å²) in [7, 11) is 1.68. The van der Waals surface area contributed by atoms with Crippen molar-refractivity contribution in [2.45, 2.75) is 13.7 Å². The molecule has 2 aromatic carbocycles. The van der Waals surface area contributed by atoms with Gasteiger partial charge in [-0.2, -0.15) is 0 Å². The lowest BCUT2D eigenvalue weighted by Crippen LogP contribution is -2.01. The number of hydrogen-bond donors (Lipinski definition) is 0. The predicted molar refractivity (Wildman–Crippen MR) is 79.1 cm³/mol. The van der Waals surface area contributed by atoms with Crippen LogP contribution >= 0.6 is 0 Å². The molecule has 0 saturated heterocycles. The Kier molecular flexibility index (Phi) is 3.28. The number of rotatable bonds is 3. The van der Waals surface area contributed by atoms with Gasteiger partial charge in [0.05, 0.1) is 11.2 Å². The molecule has 3 rings (SSSR count). The molecule has 0 unspecified atom stereocenters. The highest BCUT2D eigenvalue weighted by Crippen LogP contribution is 2.29. The zero-order valence-corrected chi connectivity index (χ0v) is 11.6. The van der Waals surface area contributed by atoms with Crippen molar-refractivity contribution < 1.29 is 9.13 Å². The topological polar surface area (TPSA) is 14.2 Å². The monoisotopic (exact) mass is 269 g/mol. The van der Waals surface area contributed by atoms with Crippen LogP contribution in [0.25, 0.3) is 22.2 Å². The molecule has 0 spiro atoms. The van der Waals surface area contributed by atoms with E-state index in [1.807, 2.05) is 0 Å². The fourth-order valence-electron chi connectivity index (χ4n) is 2.49. The average molecular weight is 269 g/mol. The van der Waals surface area contributed by atoms with E-state index in [1.165, 1.54) is 17.7 Å². The third-order valence-electron chi connectivity index (χ3n) is 3.46. The third kappa shape index (κ3) is 2.21. The Bertz CT molecular complexity index is 744. The van der Waals surface area contributed by atoms with Crippen molar-refractivity contribution >= 4 is 10.9 Å². The molecular formula is C17H16FNO. The van der Waals surface area contributed by atoms with E-state index >= 15 is 0 Å². The second-order valence-corrected chi connectivity index (χ2v) is 4.94. The molecule has 3 aromatic rings. The number of methoxy groups -OCH3 is 1. The van der Waals surface area contributed by atoms with Gasteiger partial charge in [0.2, 0.25) is 0 Å². The largest absolute Gasteiger partial charge is 0.364 e. The highest BCUT2D eigenvalue weighted by Gasteiger charge is 2.10. The number of halogens is 1. The molecule has 0 aliphatic heterocycles. The molecule has 102 valence electrons. The summed E-state index contributed by atoms with van der Waals surface area (Å²) in [4.78, 5) is 0. The van der Waals surface area contributed by atoms with Crippen LogP contribution in [-0.4, -0.2) is 11.7 Å². The van der Waals surface area contributed by atoms with Crippen LogP contribution in [0.4, 0.5) is 4.39 Å². The van der Waals surface area contributed by atoms with Gasteiger partial charge >= 0.3 is 0 Å². The van der Waals surface area contributed by atoms with E-state index in [1.54, 1.807) is 19.2 Å².